The molecule has 0 radical (unpaired) electrons. The number of ether oxygens (including phenoxy) is 2. The molecule has 1 saturated heterocycles. The molecular formula is C15H21FN2O3. The molecule has 0 spiro atoms. The smallest absolute Gasteiger partial charge is 0.317 e. The standard InChI is InChI=1S/C15H21FN2O3/c1-3-11(10-20-2)17-15(19)18-8-12(9-18)21-14-7-5-4-6-13(14)16/h4-7,11-12H,3,8-10H2,1-2H3,(H,17,19). The molecule has 6 heteroatoms. The first-order chi connectivity index (χ1) is 10.1. The summed E-state index contributed by atoms with van der Waals surface area (Å²) in [6, 6.07) is 6.15. The van der Waals surface area contributed by atoms with Gasteiger partial charge in [0.25, 0.3) is 0 Å². The fourth-order valence-electron chi connectivity index (χ4n) is 2.13. The molecule has 1 atom stereocenters. The van der Waals surface area contributed by atoms with E-state index >= 15 is 0 Å². The first-order valence-electron chi connectivity index (χ1n) is 7.09. The number of hydrogen-bond acceptors (Lipinski definition) is 3. The van der Waals surface area contributed by atoms with Crippen molar-refractivity contribution in [2.75, 3.05) is 26.8 Å². The van der Waals surface area contributed by atoms with E-state index in [0.717, 1.165) is 6.42 Å². The van der Waals surface area contributed by atoms with Crippen molar-refractivity contribution in [2.24, 2.45) is 0 Å². The molecule has 1 N–H and O–H groups in total. The summed E-state index contributed by atoms with van der Waals surface area (Å²) in [4.78, 5) is 13.6. The summed E-state index contributed by atoms with van der Waals surface area (Å²) < 4.78 is 24.0. The third-order valence-electron chi connectivity index (χ3n) is 3.45. The molecule has 1 aliphatic rings. The number of likely N-dealkylation sites (tertiary alicyclic amines) is 1. The van der Waals surface area contributed by atoms with Gasteiger partial charge >= 0.3 is 6.03 Å². The average Bonchev–Trinajstić information content (AvgIpc) is 2.43. The van der Waals surface area contributed by atoms with Crippen molar-refractivity contribution in [2.45, 2.75) is 25.5 Å². The van der Waals surface area contributed by atoms with E-state index in [4.69, 9.17) is 9.47 Å². The highest BCUT2D eigenvalue weighted by Gasteiger charge is 2.33. The van der Waals surface area contributed by atoms with Gasteiger partial charge in [0.15, 0.2) is 11.6 Å². The third kappa shape index (κ3) is 4.07. The van der Waals surface area contributed by atoms with Crippen molar-refractivity contribution in [3.8, 4) is 5.75 Å². The van der Waals surface area contributed by atoms with Gasteiger partial charge in [-0.25, -0.2) is 9.18 Å². The zero-order valence-corrected chi connectivity index (χ0v) is 12.3. The Hall–Kier alpha value is -1.82. The average molecular weight is 296 g/mol. The van der Waals surface area contributed by atoms with E-state index in [2.05, 4.69) is 5.32 Å². The Morgan fingerprint density at radius 3 is 2.81 bits per heavy atom. The first kappa shape index (κ1) is 15.6. The summed E-state index contributed by atoms with van der Waals surface area (Å²) >= 11 is 0. The molecule has 0 aromatic heterocycles. The quantitative estimate of drug-likeness (QED) is 0.874. The molecule has 1 fully saturated rings. The molecule has 116 valence electrons. The first-order valence-corrected chi connectivity index (χ1v) is 7.09. The van der Waals surface area contributed by atoms with Crippen LogP contribution in [0.5, 0.6) is 5.75 Å². The highest BCUT2D eigenvalue weighted by molar-refractivity contribution is 5.75. The second-order valence-electron chi connectivity index (χ2n) is 5.09. The molecular weight excluding hydrogens is 275 g/mol. The van der Waals surface area contributed by atoms with Gasteiger partial charge in [0.1, 0.15) is 6.10 Å². The van der Waals surface area contributed by atoms with Crippen LogP contribution in [0.2, 0.25) is 0 Å². The Kier molecular flexibility index (Phi) is 5.38. The molecule has 5 nitrogen and oxygen atoms in total. The molecule has 1 aromatic rings. The number of carbonyl (C=O) groups excluding carboxylic acids is 1. The molecule has 1 aliphatic heterocycles. The Balaban J connectivity index is 1.76. The summed E-state index contributed by atoms with van der Waals surface area (Å²) in [6.07, 6.45) is 0.651. The van der Waals surface area contributed by atoms with Gasteiger partial charge in [-0.15, -0.1) is 0 Å². The van der Waals surface area contributed by atoms with Crippen molar-refractivity contribution < 1.29 is 18.7 Å². The normalized spacial score (nSPS) is 16.2. The van der Waals surface area contributed by atoms with E-state index in [0.29, 0.717) is 19.7 Å². The summed E-state index contributed by atoms with van der Waals surface area (Å²) in [5.41, 5.74) is 0. The Labute approximate surface area is 124 Å². The van der Waals surface area contributed by atoms with Crippen molar-refractivity contribution >= 4 is 6.03 Å². The molecule has 1 unspecified atom stereocenters. The van der Waals surface area contributed by atoms with Crippen LogP contribution in [0.3, 0.4) is 0 Å². The van der Waals surface area contributed by atoms with Crippen LogP contribution in [-0.4, -0.2) is 49.9 Å². The van der Waals surface area contributed by atoms with E-state index < -0.39 is 0 Å². The van der Waals surface area contributed by atoms with Crippen LogP contribution in [0.4, 0.5) is 9.18 Å². The number of hydrogen-bond donors (Lipinski definition) is 1. The van der Waals surface area contributed by atoms with Crippen LogP contribution in [-0.2, 0) is 4.74 Å². The number of nitrogens with one attached hydrogen (secondary N) is 1. The Morgan fingerprint density at radius 2 is 2.19 bits per heavy atom. The maximum Gasteiger partial charge on any atom is 0.317 e. The van der Waals surface area contributed by atoms with Gasteiger partial charge in [0.05, 0.1) is 25.7 Å². The predicted molar refractivity (Wildman–Crippen MR) is 76.9 cm³/mol. The molecule has 1 aromatic carbocycles. The number of benzene rings is 1. The van der Waals surface area contributed by atoms with Crippen LogP contribution < -0.4 is 10.1 Å². The van der Waals surface area contributed by atoms with Crippen LogP contribution in [0.25, 0.3) is 0 Å². The van der Waals surface area contributed by atoms with Gasteiger partial charge in [-0.2, -0.15) is 0 Å². The maximum atomic E-state index is 13.4. The minimum atomic E-state index is -0.383. The second-order valence-corrected chi connectivity index (χ2v) is 5.09. The minimum Gasteiger partial charge on any atom is -0.484 e. The van der Waals surface area contributed by atoms with Gasteiger partial charge < -0.3 is 19.7 Å². The van der Waals surface area contributed by atoms with Crippen LogP contribution in [0, 0.1) is 5.82 Å². The van der Waals surface area contributed by atoms with E-state index in [9.17, 15) is 9.18 Å². The van der Waals surface area contributed by atoms with Crippen molar-refractivity contribution in [1.29, 1.82) is 0 Å². The summed E-state index contributed by atoms with van der Waals surface area (Å²) in [5, 5.41) is 2.90. The largest absolute Gasteiger partial charge is 0.484 e. The van der Waals surface area contributed by atoms with E-state index in [1.165, 1.54) is 6.07 Å². The monoisotopic (exact) mass is 296 g/mol. The van der Waals surface area contributed by atoms with Gasteiger partial charge in [-0.05, 0) is 18.6 Å². The number of carbonyl (C=O) groups is 1. The second kappa shape index (κ2) is 7.26. The van der Waals surface area contributed by atoms with Gasteiger partial charge in [0.2, 0.25) is 0 Å². The number of methoxy groups -OCH3 is 1. The van der Waals surface area contributed by atoms with E-state index in [-0.39, 0.29) is 29.7 Å². The highest BCUT2D eigenvalue weighted by Crippen LogP contribution is 2.21. The highest BCUT2D eigenvalue weighted by atomic mass is 19.1. The summed E-state index contributed by atoms with van der Waals surface area (Å²) in [5.74, 6) is -0.153. The minimum absolute atomic E-state index is 0.00837. The molecule has 0 bridgehead atoms. The molecule has 0 aliphatic carbocycles. The van der Waals surface area contributed by atoms with Crippen molar-refractivity contribution in [3.63, 3.8) is 0 Å². The fraction of sp³-hybridized carbons (Fsp3) is 0.533. The lowest BCUT2D eigenvalue weighted by Gasteiger charge is -2.39. The number of rotatable bonds is 6. The molecule has 2 rings (SSSR count). The molecule has 1 heterocycles. The number of halogens is 1. The number of urea groups is 1. The number of para-hydroxylation sites is 1. The molecule has 2 amide bonds. The molecule has 21 heavy (non-hydrogen) atoms. The third-order valence-corrected chi connectivity index (χ3v) is 3.45. The van der Waals surface area contributed by atoms with Crippen LogP contribution in [0.1, 0.15) is 13.3 Å². The lowest BCUT2D eigenvalue weighted by molar-refractivity contribution is 0.0394. The topological polar surface area (TPSA) is 50.8 Å². The van der Waals surface area contributed by atoms with E-state index in [1.54, 1.807) is 30.2 Å². The summed E-state index contributed by atoms with van der Waals surface area (Å²) in [6.45, 7) is 3.41. The van der Waals surface area contributed by atoms with Gasteiger partial charge in [-0.1, -0.05) is 19.1 Å². The molecule has 0 saturated carbocycles. The maximum absolute atomic E-state index is 13.4. The lowest BCUT2D eigenvalue weighted by atomic mass is 10.1. The number of amides is 2. The zero-order valence-electron chi connectivity index (χ0n) is 12.3. The van der Waals surface area contributed by atoms with Crippen LogP contribution in [0.15, 0.2) is 24.3 Å². The van der Waals surface area contributed by atoms with Gasteiger partial charge in [-0.3, -0.25) is 0 Å². The van der Waals surface area contributed by atoms with Crippen molar-refractivity contribution in [1.82, 2.24) is 10.2 Å². The Morgan fingerprint density at radius 1 is 1.48 bits per heavy atom. The SMILES string of the molecule is CCC(COC)NC(=O)N1CC(Oc2ccccc2F)C1. The Bertz CT molecular complexity index is 478. The van der Waals surface area contributed by atoms with Gasteiger partial charge in [0, 0.05) is 7.11 Å². The number of nitrogens with zero attached hydrogens (tertiary/aromatic N) is 1. The van der Waals surface area contributed by atoms with E-state index in [1.807, 2.05) is 6.92 Å². The van der Waals surface area contributed by atoms with Crippen molar-refractivity contribution in [3.05, 3.63) is 30.1 Å². The predicted octanol–water partition coefficient (Wildman–Crippen LogP) is 2.02. The van der Waals surface area contributed by atoms with Crippen LogP contribution >= 0.6 is 0 Å². The zero-order chi connectivity index (χ0) is 15.2. The fourth-order valence-corrected chi connectivity index (χ4v) is 2.13. The summed E-state index contributed by atoms with van der Waals surface area (Å²) in [7, 11) is 1.61. The lowest BCUT2D eigenvalue weighted by Crippen LogP contribution is -2.60.